The SMILES string of the molecule is Cc1ccc(C(=O)NC(=S)Nc2ncc(I)cc2C)cc1. The van der Waals surface area contributed by atoms with Gasteiger partial charge in [0.1, 0.15) is 5.82 Å². The number of nitrogens with zero attached hydrogens (tertiary/aromatic N) is 1. The Morgan fingerprint density at radius 2 is 1.90 bits per heavy atom. The topological polar surface area (TPSA) is 54.0 Å². The van der Waals surface area contributed by atoms with Gasteiger partial charge in [-0.05, 0) is 72.4 Å². The number of amides is 1. The van der Waals surface area contributed by atoms with E-state index < -0.39 is 0 Å². The van der Waals surface area contributed by atoms with E-state index in [1.807, 2.05) is 32.0 Å². The van der Waals surface area contributed by atoms with Crippen molar-refractivity contribution < 1.29 is 4.79 Å². The summed E-state index contributed by atoms with van der Waals surface area (Å²) in [5, 5.41) is 5.81. The first kappa shape index (κ1) is 15.8. The smallest absolute Gasteiger partial charge is 0.257 e. The van der Waals surface area contributed by atoms with E-state index in [1.54, 1.807) is 18.3 Å². The van der Waals surface area contributed by atoms with Crippen LogP contribution in [0.3, 0.4) is 0 Å². The summed E-state index contributed by atoms with van der Waals surface area (Å²) in [5.41, 5.74) is 2.64. The molecule has 0 aliphatic carbocycles. The van der Waals surface area contributed by atoms with Gasteiger partial charge in [-0.15, -0.1) is 0 Å². The van der Waals surface area contributed by atoms with Crippen LogP contribution in [0.15, 0.2) is 36.5 Å². The summed E-state index contributed by atoms with van der Waals surface area (Å²) in [6.45, 7) is 3.90. The number of hydrogen-bond acceptors (Lipinski definition) is 3. The second-order valence-electron chi connectivity index (χ2n) is 4.59. The lowest BCUT2D eigenvalue weighted by molar-refractivity contribution is 0.0977. The third-order valence-electron chi connectivity index (χ3n) is 2.82. The maximum absolute atomic E-state index is 12.0. The number of thiocarbonyl (C=S) groups is 1. The largest absolute Gasteiger partial charge is 0.317 e. The zero-order valence-corrected chi connectivity index (χ0v) is 14.6. The molecule has 0 aliphatic heterocycles. The molecule has 0 spiro atoms. The molecule has 0 saturated carbocycles. The zero-order chi connectivity index (χ0) is 15.4. The summed E-state index contributed by atoms with van der Waals surface area (Å²) in [5.74, 6) is 0.403. The number of hydrogen-bond donors (Lipinski definition) is 2. The van der Waals surface area contributed by atoms with Crippen LogP contribution in [0.25, 0.3) is 0 Å². The maximum atomic E-state index is 12.0. The third-order valence-corrected chi connectivity index (χ3v) is 3.61. The first-order chi connectivity index (χ1) is 9.95. The van der Waals surface area contributed by atoms with E-state index >= 15 is 0 Å². The summed E-state index contributed by atoms with van der Waals surface area (Å²) in [7, 11) is 0. The molecular weight excluding hydrogens is 397 g/mol. The maximum Gasteiger partial charge on any atom is 0.257 e. The summed E-state index contributed by atoms with van der Waals surface area (Å²) >= 11 is 7.34. The lowest BCUT2D eigenvalue weighted by Gasteiger charge is -2.11. The first-order valence-corrected chi connectivity index (χ1v) is 7.75. The molecule has 4 nitrogen and oxygen atoms in total. The molecule has 1 amide bonds. The fourth-order valence-electron chi connectivity index (χ4n) is 1.69. The van der Waals surface area contributed by atoms with Crippen LogP contribution in [0.1, 0.15) is 21.5 Å². The predicted molar refractivity (Wildman–Crippen MR) is 96.6 cm³/mol. The number of carbonyl (C=O) groups excluding carboxylic acids is 1. The van der Waals surface area contributed by atoms with Crippen LogP contribution in [-0.4, -0.2) is 16.0 Å². The van der Waals surface area contributed by atoms with Crippen LogP contribution >= 0.6 is 34.8 Å². The van der Waals surface area contributed by atoms with Gasteiger partial charge in [-0.1, -0.05) is 17.7 Å². The molecule has 2 N–H and O–H groups in total. The fourth-order valence-corrected chi connectivity index (χ4v) is 2.49. The van der Waals surface area contributed by atoms with Gasteiger partial charge in [-0.2, -0.15) is 0 Å². The number of pyridine rings is 1. The summed E-state index contributed by atoms with van der Waals surface area (Å²) in [6.07, 6.45) is 1.74. The highest BCUT2D eigenvalue weighted by atomic mass is 127. The number of nitrogens with one attached hydrogen (secondary N) is 2. The van der Waals surface area contributed by atoms with E-state index in [2.05, 4.69) is 38.2 Å². The molecule has 1 aromatic carbocycles. The number of rotatable bonds is 2. The van der Waals surface area contributed by atoms with Crippen molar-refractivity contribution in [3.8, 4) is 0 Å². The van der Waals surface area contributed by atoms with Crippen LogP contribution in [0.2, 0.25) is 0 Å². The van der Waals surface area contributed by atoms with Gasteiger partial charge < -0.3 is 5.32 Å². The minimum absolute atomic E-state index is 0.234. The van der Waals surface area contributed by atoms with Crippen LogP contribution in [-0.2, 0) is 0 Å². The van der Waals surface area contributed by atoms with Gasteiger partial charge in [-0.25, -0.2) is 4.98 Å². The van der Waals surface area contributed by atoms with E-state index in [-0.39, 0.29) is 11.0 Å². The van der Waals surface area contributed by atoms with Gasteiger partial charge in [0.25, 0.3) is 5.91 Å². The quantitative estimate of drug-likeness (QED) is 0.588. The summed E-state index contributed by atoms with van der Waals surface area (Å²) in [6, 6.07) is 9.29. The van der Waals surface area contributed by atoms with Crippen molar-refractivity contribution in [1.82, 2.24) is 10.3 Å². The minimum atomic E-state index is -0.240. The van der Waals surface area contributed by atoms with Crippen LogP contribution in [0.5, 0.6) is 0 Å². The van der Waals surface area contributed by atoms with Gasteiger partial charge >= 0.3 is 0 Å². The van der Waals surface area contributed by atoms with Crippen LogP contribution < -0.4 is 10.6 Å². The second-order valence-corrected chi connectivity index (χ2v) is 6.25. The normalized spacial score (nSPS) is 10.0. The number of benzene rings is 1. The number of anilines is 1. The highest BCUT2D eigenvalue weighted by Crippen LogP contribution is 2.14. The molecule has 1 aromatic heterocycles. The number of carbonyl (C=O) groups is 1. The van der Waals surface area contributed by atoms with Gasteiger partial charge in [0, 0.05) is 15.3 Å². The van der Waals surface area contributed by atoms with Crippen molar-refractivity contribution >= 4 is 51.6 Å². The Morgan fingerprint density at radius 3 is 2.52 bits per heavy atom. The number of aromatic nitrogens is 1. The number of halogens is 1. The fraction of sp³-hybridized carbons (Fsp3) is 0.133. The Morgan fingerprint density at radius 1 is 1.24 bits per heavy atom. The summed E-state index contributed by atoms with van der Waals surface area (Å²) in [4.78, 5) is 16.3. The van der Waals surface area contributed by atoms with Crippen molar-refractivity contribution in [2.24, 2.45) is 0 Å². The summed E-state index contributed by atoms with van der Waals surface area (Å²) < 4.78 is 1.05. The molecule has 21 heavy (non-hydrogen) atoms. The lowest BCUT2D eigenvalue weighted by atomic mass is 10.1. The molecule has 0 bridgehead atoms. The molecule has 0 fully saturated rings. The lowest BCUT2D eigenvalue weighted by Crippen LogP contribution is -2.34. The Balaban J connectivity index is 2.01. The van der Waals surface area contributed by atoms with Gasteiger partial charge in [0.05, 0.1) is 0 Å². The van der Waals surface area contributed by atoms with E-state index in [0.717, 1.165) is 14.7 Å². The van der Waals surface area contributed by atoms with Crippen molar-refractivity contribution in [2.45, 2.75) is 13.8 Å². The van der Waals surface area contributed by atoms with Crippen molar-refractivity contribution in [1.29, 1.82) is 0 Å². The number of aryl methyl sites for hydroxylation is 2. The van der Waals surface area contributed by atoms with E-state index in [4.69, 9.17) is 12.2 Å². The average molecular weight is 411 g/mol. The Labute approximate surface area is 142 Å². The molecule has 6 heteroatoms. The molecule has 108 valence electrons. The van der Waals surface area contributed by atoms with Gasteiger partial charge in [-0.3, -0.25) is 10.1 Å². The zero-order valence-electron chi connectivity index (χ0n) is 11.6. The molecule has 0 saturated heterocycles. The molecule has 2 rings (SSSR count). The van der Waals surface area contributed by atoms with E-state index in [0.29, 0.717) is 11.4 Å². The van der Waals surface area contributed by atoms with Crippen molar-refractivity contribution in [3.63, 3.8) is 0 Å². The third kappa shape index (κ3) is 4.47. The molecule has 1 heterocycles. The minimum Gasteiger partial charge on any atom is -0.317 e. The molecule has 0 unspecified atom stereocenters. The van der Waals surface area contributed by atoms with Crippen LogP contribution in [0, 0.1) is 17.4 Å². The van der Waals surface area contributed by atoms with Crippen molar-refractivity contribution in [2.75, 3.05) is 5.32 Å². The van der Waals surface area contributed by atoms with Gasteiger partial charge in [0.15, 0.2) is 5.11 Å². The highest BCUT2D eigenvalue weighted by molar-refractivity contribution is 14.1. The van der Waals surface area contributed by atoms with Crippen LogP contribution in [0.4, 0.5) is 5.82 Å². The molecule has 2 aromatic rings. The van der Waals surface area contributed by atoms with E-state index in [1.165, 1.54) is 0 Å². The van der Waals surface area contributed by atoms with Crippen molar-refractivity contribution in [3.05, 3.63) is 56.8 Å². The monoisotopic (exact) mass is 411 g/mol. The Hall–Kier alpha value is -1.54. The van der Waals surface area contributed by atoms with Gasteiger partial charge in [0.2, 0.25) is 0 Å². The standard InChI is InChI=1S/C15H14IN3OS/c1-9-3-5-11(6-4-9)14(20)19-15(21)18-13-10(2)7-12(16)8-17-13/h3-8H,1-2H3,(H2,17,18,19,20,21). The second kappa shape index (κ2) is 6.95. The highest BCUT2D eigenvalue weighted by Gasteiger charge is 2.09. The molecule has 0 radical (unpaired) electrons. The Bertz CT molecular complexity index is 686. The molecule has 0 aliphatic rings. The predicted octanol–water partition coefficient (Wildman–Crippen LogP) is 3.43. The Kier molecular flexibility index (Phi) is 5.24. The average Bonchev–Trinajstić information content (AvgIpc) is 2.42. The molecule has 0 atom stereocenters. The molecular formula is C15H14IN3OS. The first-order valence-electron chi connectivity index (χ1n) is 6.27. The van der Waals surface area contributed by atoms with E-state index in [9.17, 15) is 4.79 Å².